The smallest absolute Gasteiger partial charge is 0.251 e. The molecule has 0 aliphatic rings. The monoisotopic (exact) mass is 346 g/mol. The first-order chi connectivity index (χ1) is 12.6. The molecule has 0 saturated carbocycles. The van der Waals surface area contributed by atoms with Crippen LogP contribution in [0.5, 0.6) is 0 Å². The summed E-state index contributed by atoms with van der Waals surface area (Å²) >= 11 is 0. The van der Waals surface area contributed by atoms with E-state index in [9.17, 15) is 4.79 Å². The molecular weight excluding hydrogens is 324 g/mol. The van der Waals surface area contributed by atoms with Gasteiger partial charge in [-0.25, -0.2) is 0 Å². The molecule has 3 aromatic rings. The number of carbonyl (C=O) groups is 1. The van der Waals surface area contributed by atoms with Gasteiger partial charge in [-0.15, -0.1) is 10.2 Å². The van der Waals surface area contributed by atoms with Crippen LogP contribution in [0.1, 0.15) is 24.2 Å². The molecule has 5 heteroatoms. The minimum absolute atomic E-state index is 0.0761. The first-order valence-corrected chi connectivity index (χ1v) is 8.66. The van der Waals surface area contributed by atoms with Crippen LogP contribution in [0.25, 0.3) is 11.3 Å². The third-order valence-electron chi connectivity index (χ3n) is 3.80. The highest BCUT2D eigenvalue weighted by molar-refractivity contribution is 5.95. The SMILES string of the molecule is CC(C)CNC(=O)c1cccc(Nc2ccc(-c3ccccc3)nn2)c1. The summed E-state index contributed by atoms with van der Waals surface area (Å²) in [5, 5.41) is 14.6. The van der Waals surface area contributed by atoms with Crippen molar-refractivity contribution in [1.29, 1.82) is 0 Å². The van der Waals surface area contributed by atoms with Gasteiger partial charge in [-0.1, -0.05) is 50.2 Å². The van der Waals surface area contributed by atoms with E-state index in [1.165, 1.54) is 0 Å². The highest BCUT2D eigenvalue weighted by Crippen LogP contribution is 2.19. The topological polar surface area (TPSA) is 66.9 Å². The maximum Gasteiger partial charge on any atom is 0.251 e. The van der Waals surface area contributed by atoms with Crippen molar-refractivity contribution in [1.82, 2.24) is 15.5 Å². The summed E-state index contributed by atoms with van der Waals surface area (Å²) in [6.45, 7) is 4.79. The molecule has 3 rings (SSSR count). The summed E-state index contributed by atoms with van der Waals surface area (Å²) in [5.41, 5.74) is 3.25. The van der Waals surface area contributed by atoms with Gasteiger partial charge >= 0.3 is 0 Å². The zero-order valence-electron chi connectivity index (χ0n) is 14.9. The van der Waals surface area contributed by atoms with Crippen LogP contribution in [-0.2, 0) is 0 Å². The zero-order chi connectivity index (χ0) is 18.4. The van der Waals surface area contributed by atoms with Crippen LogP contribution in [0.4, 0.5) is 11.5 Å². The molecule has 1 amide bonds. The predicted octanol–water partition coefficient (Wildman–Crippen LogP) is 4.27. The molecule has 0 fully saturated rings. The lowest BCUT2D eigenvalue weighted by Gasteiger charge is -2.10. The number of nitrogens with one attached hydrogen (secondary N) is 2. The van der Waals surface area contributed by atoms with Crippen molar-refractivity contribution in [3.8, 4) is 11.3 Å². The fourth-order valence-corrected chi connectivity index (χ4v) is 2.45. The van der Waals surface area contributed by atoms with Gasteiger partial charge in [0.25, 0.3) is 5.91 Å². The number of carbonyl (C=O) groups excluding carboxylic acids is 1. The van der Waals surface area contributed by atoms with E-state index in [1.807, 2.05) is 60.7 Å². The molecule has 26 heavy (non-hydrogen) atoms. The third kappa shape index (κ3) is 4.66. The van der Waals surface area contributed by atoms with E-state index in [1.54, 1.807) is 6.07 Å². The van der Waals surface area contributed by atoms with Crippen LogP contribution in [0.2, 0.25) is 0 Å². The molecular formula is C21H22N4O. The van der Waals surface area contributed by atoms with Gasteiger partial charge in [0.15, 0.2) is 5.82 Å². The molecule has 0 aliphatic heterocycles. The number of amides is 1. The Hall–Kier alpha value is -3.21. The summed E-state index contributed by atoms with van der Waals surface area (Å²) in [7, 11) is 0. The number of hydrogen-bond acceptors (Lipinski definition) is 4. The van der Waals surface area contributed by atoms with Gasteiger partial charge in [-0.2, -0.15) is 0 Å². The molecule has 1 heterocycles. The minimum Gasteiger partial charge on any atom is -0.352 e. The van der Waals surface area contributed by atoms with Gasteiger partial charge in [-0.05, 0) is 36.2 Å². The summed E-state index contributed by atoms with van der Waals surface area (Å²) in [6, 6.07) is 21.0. The van der Waals surface area contributed by atoms with E-state index >= 15 is 0 Å². The molecule has 0 saturated heterocycles. The Morgan fingerprint density at radius 2 is 1.77 bits per heavy atom. The zero-order valence-corrected chi connectivity index (χ0v) is 14.9. The lowest BCUT2D eigenvalue weighted by molar-refractivity contribution is 0.0949. The highest BCUT2D eigenvalue weighted by Gasteiger charge is 2.07. The van der Waals surface area contributed by atoms with Crippen molar-refractivity contribution in [2.45, 2.75) is 13.8 Å². The van der Waals surface area contributed by atoms with Gasteiger partial charge in [0.1, 0.15) is 0 Å². The number of anilines is 2. The molecule has 1 aromatic heterocycles. The van der Waals surface area contributed by atoms with Crippen LogP contribution in [-0.4, -0.2) is 22.6 Å². The Bertz CT molecular complexity index is 861. The van der Waals surface area contributed by atoms with Crippen molar-refractivity contribution in [2.75, 3.05) is 11.9 Å². The second kappa shape index (κ2) is 8.25. The Morgan fingerprint density at radius 1 is 0.962 bits per heavy atom. The molecule has 0 atom stereocenters. The van der Waals surface area contributed by atoms with Crippen LogP contribution in [0, 0.1) is 5.92 Å². The second-order valence-corrected chi connectivity index (χ2v) is 6.48. The molecule has 132 valence electrons. The van der Waals surface area contributed by atoms with Gasteiger partial charge in [0.05, 0.1) is 5.69 Å². The maximum absolute atomic E-state index is 12.2. The van der Waals surface area contributed by atoms with Crippen LogP contribution >= 0.6 is 0 Å². The average Bonchev–Trinajstić information content (AvgIpc) is 2.67. The normalized spacial score (nSPS) is 10.6. The summed E-state index contributed by atoms with van der Waals surface area (Å²) in [6.07, 6.45) is 0. The van der Waals surface area contributed by atoms with Crippen LogP contribution < -0.4 is 10.6 Å². The lowest BCUT2D eigenvalue weighted by atomic mass is 10.1. The number of benzene rings is 2. The van der Waals surface area contributed by atoms with Gasteiger partial charge in [0.2, 0.25) is 0 Å². The average molecular weight is 346 g/mol. The Morgan fingerprint density at radius 3 is 2.46 bits per heavy atom. The number of aromatic nitrogens is 2. The molecule has 0 radical (unpaired) electrons. The predicted molar refractivity (Wildman–Crippen MR) is 104 cm³/mol. The van der Waals surface area contributed by atoms with Crippen LogP contribution in [0.3, 0.4) is 0 Å². The van der Waals surface area contributed by atoms with Gasteiger partial charge in [-0.3, -0.25) is 4.79 Å². The molecule has 0 bridgehead atoms. The number of nitrogens with zero attached hydrogens (tertiary/aromatic N) is 2. The molecule has 5 nitrogen and oxygen atoms in total. The lowest BCUT2D eigenvalue weighted by Crippen LogP contribution is -2.27. The Kier molecular flexibility index (Phi) is 5.59. The standard InChI is InChI=1S/C21H22N4O/c1-15(2)14-22-21(26)17-9-6-10-18(13-17)23-20-12-11-19(24-25-20)16-7-4-3-5-8-16/h3-13,15H,14H2,1-2H3,(H,22,26)(H,23,25). The van der Waals surface area contributed by atoms with E-state index in [0.717, 1.165) is 16.9 Å². The van der Waals surface area contributed by atoms with Gasteiger partial charge in [0, 0.05) is 23.4 Å². The number of hydrogen-bond donors (Lipinski definition) is 2. The fraction of sp³-hybridized carbons (Fsp3) is 0.190. The second-order valence-electron chi connectivity index (χ2n) is 6.48. The van der Waals surface area contributed by atoms with Crippen molar-refractivity contribution in [3.63, 3.8) is 0 Å². The van der Waals surface area contributed by atoms with E-state index in [2.05, 4.69) is 34.7 Å². The van der Waals surface area contributed by atoms with E-state index in [4.69, 9.17) is 0 Å². The first kappa shape index (κ1) is 17.6. The summed E-state index contributed by atoms with van der Waals surface area (Å²) < 4.78 is 0. The summed E-state index contributed by atoms with van der Waals surface area (Å²) in [5.74, 6) is 0.968. The molecule has 0 unspecified atom stereocenters. The van der Waals surface area contributed by atoms with E-state index in [0.29, 0.717) is 23.8 Å². The van der Waals surface area contributed by atoms with Gasteiger partial charge < -0.3 is 10.6 Å². The molecule has 2 N–H and O–H groups in total. The van der Waals surface area contributed by atoms with Crippen molar-refractivity contribution in [2.24, 2.45) is 5.92 Å². The maximum atomic E-state index is 12.2. The quantitative estimate of drug-likeness (QED) is 0.699. The van der Waals surface area contributed by atoms with E-state index < -0.39 is 0 Å². The van der Waals surface area contributed by atoms with Crippen molar-refractivity contribution >= 4 is 17.4 Å². The Balaban J connectivity index is 1.69. The molecule has 0 aliphatic carbocycles. The highest BCUT2D eigenvalue weighted by atomic mass is 16.1. The third-order valence-corrected chi connectivity index (χ3v) is 3.80. The van der Waals surface area contributed by atoms with E-state index in [-0.39, 0.29) is 5.91 Å². The number of rotatable bonds is 6. The first-order valence-electron chi connectivity index (χ1n) is 8.66. The molecule has 0 spiro atoms. The summed E-state index contributed by atoms with van der Waals surface area (Å²) in [4.78, 5) is 12.2. The Labute approximate surface area is 153 Å². The van der Waals surface area contributed by atoms with Crippen molar-refractivity contribution < 1.29 is 4.79 Å². The fourth-order valence-electron chi connectivity index (χ4n) is 2.45. The van der Waals surface area contributed by atoms with Crippen molar-refractivity contribution in [3.05, 3.63) is 72.3 Å². The van der Waals surface area contributed by atoms with Crippen LogP contribution in [0.15, 0.2) is 66.7 Å². The molecule has 2 aromatic carbocycles. The largest absolute Gasteiger partial charge is 0.352 e. The minimum atomic E-state index is -0.0761.